The van der Waals surface area contributed by atoms with Gasteiger partial charge in [0.15, 0.2) is 0 Å². The summed E-state index contributed by atoms with van der Waals surface area (Å²) in [5.41, 5.74) is 6.94. The Morgan fingerprint density at radius 1 is 1.29 bits per heavy atom. The van der Waals surface area contributed by atoms with E-state index in [2.05, 4.69) is 10.3 Å². The van der Waals surface area contributed by atoms with Gasteiger partial charge in [0, 0.05) is 10.7 Å². The lowest BCUT2D eigenvalue weighted by Crippen LogP contribution is -2.13. The van der Waals surface area contributed by atoms with Gasteiger partial charge in [0.25, 0.3) is 5.91 Å². The second-order valence-corrected chi connectivity index (χ2v) is 3.88. The van der Waals surface area contributed by atoms with Gasteiger partial charge in [-0.3, -0.25) is 4.79 Å². The van der Waals surface area contributed by atoms with Crippen LogP contribution in [0.1, 0.15) is 10.5 Å². The van der Waals surface area contributed by atoms with Crippen molar-refractivity contribution in [2.45, 2.75) is 0 Å². The largest absolute Gasteiger partial charge is 0.397 e. The van der Waals surface area contributed by atoms with Crippen LogP contribution in [-0.2, 0) is 0 Å². The molecule has 0 aliphatic rings. The summed E-state index contributed by atoms with van der Waals surface area (Å²) in [6.45, 7) is 0. The zero-order chi connectivity index (χ0) is 12.3. The Morgan fingerprint density at radius 2 is 2.12 bits per heavy atom. The van der Waals surface area contributed by atoms with Gasteiger partial charge in [-0.25, -0.2) is 4.98 Å². The van der Waals surface area contributed by atoms with Gasteiger partial charge in [-0.15, -0.1) is 0 Å². The van der Waals surface area contributed by atoms with Crippen LogP contribution in [0.2, 0.25) is 5.02 Å². The van der Waals surface area contributed by atoms with E-state index >= 15 is 0 Å². The van der Waals surface area contributed by atoms with Crippen LogP contribution in [0.3, 0.4) is 0 Å². The SMILES string of the molecule is Nc1ccc(C(=O)Nc2cccc(Cl)c2)nc1. The van der Waals surface area contributed by atoms with Crippen LogP contribution in [0, 0.1) is 0 Å². The number of nitrogens with one attached hydrogen (secondary N) is 1. The van der Waals surface area contributed by atoms with Gasteiger partial charge in [-0.1, -0.05) is 17.7 Å². The maximum Gasteiger partial charge on any atom is 0.274 e. The van der Waals surface area contributed by atoms with Gasteiger partial charge >= 0.3 is 0 Å². The molecule has 0 aliphatic heterocycles. The highest BCUT2D eigenvalue weighted by molar-refractivity contribution is 6.30. The van der Waals surface area contributed by atoms with E-state index in [1.165, 1.54) is 6.20 Å². The van der Waals surface area contributed by atoms with Gasteiger partial charge in [0.1, 0.15) is 5.69 Å². The lowest BCUT2D eigenvalue weighted by molar-refractivity contribution is 0.102. The van der Waals surface area contributed by atoms with Crippen molar-refractivity contribution in [2.24, 2.45) is 0 Å². The van der Waals surface area contributed by atoms with Crippen LogP contribution in [0.4, 0.5) is 11.4 Å². The van der Waals surface area contributed by atoms with Crippen LogP contribution in [0.15, 0.2) is 42.6 Å². The third kappa shape index (κ3) is 2.95. The number of aromatic nitrogens is 1. The summed E-state index contributed by atoms with van der Waals surface area (Å²) in [5.74, 6) is -0.299. The number of halogens is 1. The lowest BCUT2D eigenvalue weighted by atomic mass is 10.3. The monoisotopic (exact) mass is 247 g/mol. The minimum Gasteiger partial charge on any atom is -0.397 e. The predicted molar refractivity (Wildman–Crippen MR) is 68.1 cm³/mol. The van der Waals surface area contributed by atoms with E-state index in [4.69, 9.17) is 17.3 Å². The zero-order valence-corrected chi connectivity index (χ0v) is 9.61. The van der Waals surface area contributed by atoms with Crippen LogP contribution in [-0.4, -0.2) is 10.9 Å². The molecule has 0 saturated carbocycles. The van der Waals surface area contributed by atoms with Crippen molar-refractivity contribution in [1.29, 1.82) is 0 Å². The van der Waals surface area contributed by atoms with Gasteiger partial charge in [0.2, 0.25) is 0 Å². The van der Waals surface area contributed by atoms with Gasteiger partial charge < -0.3 is 11.1 Å². The average Bonchev–Trinajstić information content (AvgIpc) is 2.29. The van der Waals surface area contributed by atoms with Crippen molar-refractivity contribution < 1.29 is 4.79 Å². The number of carbonyl (C=O) groups is 1. The number of hydrogen-bond acceptors (Lipinski definition) is 3. The Labute approximate surface area is 103 Å². The fourth-order valence-corrected chi connectivity index (χ4v) is 1.49. The topological polar surface area (TPSA) is 68.0 Å². The lowest BCUT2D eigenvalue weighted by Gasteiger charge is -2.04. The summed E-state index contributed by atoms with van der Waals surface area (Å²) >= 11 is 5.81. The minimum absolute atomic E-state index is 0.299. The molecule has 0 fully saturated rings. The van der Waals surface area contributed by atoms with Crippen molar-refractivity contribution in [3.05, 3.63) is 53.3 Å². The molecule has 0 unspecified atom stereocenters. The van der Waals surface area contributed by atoms with Crippen LogP contribution in [0.25, 0.3) is 0 Å². The van der Waals surface area contributed by atoms with E-state index in [-0.39, 0.29) is 5.91 Å². The first-order valence-corrected chi connectivity index (χ1v) is 5.31. The van der Waals surface area contributed by atoms with E-state index < -0.39 is 0 Å². The summed E-state index contributed by atoms with van der Waals surface area (Å²) in [7, 11) is 0. The molecule has 2 aromatic rings. The first-order chi connectivity index (χ1) is 8.15. The van der Waals surface area contributed by atoms with E-state index in [9.17, 15) is 4.79 Å². The highest BCUT2D eigenvalue weighted by atomic mass is 35.5. The average molecular weight is 248 g/mol. The smallest absolute Gasteiger partial charge is 0.274 e. The summed E-state index contributed by atoms with van der Waals surface area (Å²) < 4.78 is 0. The van der Waals surface area contributed by atoms with Crippen molar-refractivity contribution in [1.82, 2.24) is 4.98 Å². The van der Waals surface area contributed by atoms with E-state index in [1.54, 1.807) is 36.4 Å². The standard InChI is InChI=1S/C12H10ClN3O/c13-8-2-1-3-10(6-8)16-12(17)11-5-4-9(14)7-15-11/h1-7H,14H2,(H,16,17). The molecule has 86 valence electrons. The molecule has 0 bridgehead atoms. The summed E-state index contributed by atoms with van der Waals surface area (Å²) in [6.07, 6.45) is 1.44. The normalized spacial score (nSPS) is 9.94. The molecule has 0 spiro atoms. The van der Waals surface area contributed by atoms with Crippen molar-refractivity contribution in [3.63, 3.8) is 0 Å². The maximum absolute atomic E-state index is 11.8. The Kier molecular flexibility index (Phi) is 3.25. The Balaban J connectivity index is 2.14. The number of pyridine rings is 1. The van der Waals surface area contributed by atoms with Crippen LogP contribution in [0.5, 0.6) is 0 Å². The molecule has 0 radical (unpaired) electrons. The highest BCUT2D eigenvalue weighted by Gasteiger charge is 2.07. The number of rotatable bonds is 2. The number of carbonyl (C=O) groups excluding carboxylic acids is 1. The summed E-state index contributed by atoms with van der Waals surface area (Å²) in [4.78, 5) is 15.7. The number of nitrogen functional groups attached to an aromatic ring is 1. The molecule has 1 aromatic heterocycles. The number of amides is 1. The molecule has 17 heavy (non-hydrogen) atoms. The van der Waals surface area contributed by atoms with Crippen molar-refractivity contribution in [3.8, 4) is 0 Å². The second-order valence-electron chi connectivity index (χ2n) is 3.44. The van der Waals surface area contributed by atoms with Gasteiger partial charge in [-0.05, 0) is 30.3 Å². The van der Waals surface area contributed by atoms with E-state index in [0.717, 1.165) is 0 Å². The quantitative estimate of drug-likeness (QED) is 0.857. The molecule has 2 rings (SSSR count). The molecule has 3 N–H and O–H groups in total. The molecule has 0 atom stereocenters. The van der Waals surface area contributed by atoms with Crippen LogP contribution >= 0.6 is 11.6 Å². The fraction of sp³-hybridized carbons (Fsp3) is 0. The Hall–Kier alpha value is -2.07. The maximum atomic E-state index is 11.8. The fourth-order valence-electron chi connectivity index (χ4n) is 1.30. The van der Waals surface area contributed by atoms with E-state index in [1.807, 2.05) is 0 Å². The molecule has 1 amide bonds. The summed E-state index contributed by atoms with van der Waals surface area (Å²) in [6, 6.07) is 10.1. The molecule has 4 nitrogen and oxygen atoms in total. The molecule has 1 aromatic carbocycles. The molecule has 5 heteroatoms. The number of hydrogen-bond donors (Lipinski definition) is 2. The first kappa shape index (κ1) is 11.4. The molecule has 0 saturated heterocycles. The number of nitrogens with zero attached hydrogens (tertiary/aromatic N) is 1. The molecule has 1 heterocycles. The van der Waals surface area contributed by atoms with Gasteiger partial charge in [-0.2, -0.15) is 0 Å². The Morgan fingerprint density at radius 3 is 2.76 bits per heavy atom. The second kappa shape index (κ2) is 4.84. The molecular weight excluding hydrogens is 238 g/mol. The number of nitrogens with two attached hydrogens (primary N) is 1. The molecule has 0 aliphatic carbocycles. The zero-order valence-electron chi connectivity index (χ0n) is 8.85. The van der Waals surface area contributed by atoms with E-state index in [0.29, 0.717) is 22.1 Å². The third-order valence-electron chi connectivity index (χ3n) is 2.10. The van der Waals surface area contributed by atoms with Gasteiger partial charge in [0.05, 0.1) is 11.9 Å². The molecular formula is C12H10ClN3O. The first-order valence-electron chi connectivity index (χ1n) is 4.93. The number of benzene rings is 1. The summed E-state index contributed by atoms with van der Waals surface area (Å²) in [5, 5.41) is 3.25. The minimum atomic E-state index is -0.299. The van der Waals surface area contributed by atoms with Crippen molar-refractivity contribution >= 4 is 28.9 Å². The Bertz CT molecular complexity index is 540. The predicted octanol–water partition coefficient (Wildman–Crippen LogP) is 2.57. The van der Waals surface area contributed by atoms with Crippen molar-refractivity contribution in [2.75, 3.05) is 11.1 Å². The third-order valence-corrected chi connectivity index (χ3v) is 2.34. The number of anilines is 2. The van der Waals surface area contributed by atoms with Crippen LogP contribution < -0.4 is 11.1 Å². The highest BCUT2D eigenvalue weighted by Crippen LogP contribution is 2.15.